The molecule has 6 nitrogen and oxygen atoms in total. The Hall–Kier alpha value is -2.02. The molecule has 0 bridgehead atoms. The molecule has 9 heteroatoms. The van der Waals surface area contributed by atoms with Crippen LogP contribution in [-0.4, -0.2) is 54.4 Å². The number of nitrogens with zero attached hydrogens (tertiary/aromatic N) is 3. The third-order valence-electron chi connectivity index (χ3n) is 4.24. The Kier molecular flexibility index (Phi) is 6.42. The van der Waals surface area contributed by atoms with Crippen molar-refractivity contribution < 1.29 is 9.59 Å². The van der Waals surface area contributed by atoms with Gasteiger partial charge < -0.3 is 15.1 Å². The predicted octanol–water partition coefficient (Wildman–Crippen LogP) is 3.12. The number of hydrogen-bond acceptors (Lipinski definition) is 4. The van der Waals surface area contributed by atoms with Gasteiger partial charge in [0.1, 0.15) is 5.82 Å². The molecular weight excluding hydrogens is 411 g/mol. The van der Waals surface area contributed by atoms with Gasteiger partial charge in [-0.3, -0.25) is 9.59 Å². The molecule has 1 N–H and O–H groups in total. The molecule has 0 unspecified atom stereocenters. The molecule has 1 aromatic heterocycles. The summed E-state index contributed by atoms with van der Waals surface area (Å²) in [6.07, 6.45) is 1.60. The molecule has 2 amide bonds. The minimum atomic E-state index is -0.408. The summed E-state index contributed by atoms with van der Waals surface area (Å²) in [4.78, 5) is 32.7. The Morgan fingerprint density at radius 1 is 1.00 bits per heavy atom. The van der Waals surface area contributed by atoms with Crippen LogP contribution in [0.2, 0.25) is 15.1 Å². The molecule has 2 heterocycles. The molecule has 1 fully saturated rings. The predicted molar refractivity (Wildman–Crippen MR) is 107 cm³/mol. The summed E-state index contributed by atoms with van der Waals surface area (Å²) >= 11 is 17.7. The Balaban J connectivity index is 1.49. The highest BCUT2D eigenvalue weighted by molar-refractivity contribution is 6.36. The van der Waals surface area contributed by atoms with E-state index in [9.17, 15) is 9.59 Å². The van der Waals surface area contributed by atoms with Gasteiger partial charge in [0.15, 0.2) is 0 Å². The first kappa shape index (κ1) is 19.7. The zero-order valence-electron chi connectivity index (χ0n) is 14.3. The molecule has 0 atom stereocenters. The first-order valence-electron chi connectivity index (χ1n) is 8.31. The van der Waals surface area contributed by atoms with Crippen LogP contribution >= 0.6 is 34.8 Å². The van der Waals surface area contributed by atoms with Crippen LogP contribution in [0.3, 0.4) is 0 Å². The maximum Gasteiger partial charge on any atom is 0.253 e. The van der Waals surface area contributed by atoms with Crippen LogP contribution < -0.4 is 10.2 Å². The fraction of sp³-hybridized carbons (Fsp3) is 0.278. The average molecular weight is 428 g/mol. The molecule has 1 saturated heterocycles. The summed E-state index contributed by atoms with van der Waals surface area (Å²) in [5.41, 5.74) is 0.285. The number of halogens is 3. The lowest BCUT2D eigenvalue weighted by Crippen LogP contribution is -2.51. The third-order valence-corrected chi connectivity index (χ3v) is 5.02. The van der Waals surface area contributed by atoms with Crippen LogP contribution in [-0.2, 0) is 4.79 Å². The summed E-state index contributed by atoms with van der Waals surface area (Å²) in [5.74, 6) is 0.281. The number of amides is 2. The molecule has 1 aliphatic heterocycles. The number of nitrogens with one attached hydrogen (secondary N) is 1. The molecule has 0 saturated carbocycles. The second-order valence-corrected chi connectivity index (χ2v) is 7.29. The first-order chi connectivity index (χ1) is 12.9. The Labute approximate surface area is 172 Å². The number of aromatic nitrogens is 1. The molecule has 1 aliphatic rings. The van der Waals surface area contributed by atoms with Gasteiger partial charge in [0.25, 0.3) is 5.91 Å². The SMILES string of the molecule is O=C(NCC(=O)N1CCN(c2ccc(Cl)cn2)CC1)c1ccc(Cl)cc1Cl. The van der Waals surface area contributed by atoms with E-state index in [0.717, 1.165) is 5.82 Å². The largest absolute Gasteiger partial charge is 0.353 e. The highest BCUT2D eigenvalue weighted by atomic mass is 35.5. The topological polar surface area (TPSA) is 65.5 Å². The molecule has 0 aliphatic carbocycles. The number of hydrogen-bond donors (Lipinski definition) is 1. The van der Waals surface area contributed by atoms with Crippen molar-refractivity contribution in [2.45, 2.75) is 0 Å². The Morgan fingerprint density at radius 3 is 2.33 bits per heavy atom. The van der Waals surface area contributed by atoms with Crippen molar-refractivity contribution >= 4 is 52.4 Å². The van der Waals surface area contributed by atoms with E-state index in [2.05, 4.69) is 15.2 Å². The highest BCUT2D eigenvalue weighted by Gasteiger charge is 2.22. The Morgan fingerprint density at radius 2 is 1.70 bits per heavy atom. The summed E-state index contributed by atoms with van der Waals surface area (Å²) < 4.78 is 0. The van der Waals surface area contributed by atoms with E-state index >= 15 is 0 Å². The number of pyridine rings is 1. The van der Waals surface area contributed by atoms with E-state index in [1.807, 2.05) is 6.07 Å². The number of benzene rings is 1. The summed E-state index contributed by atoms with van der Waals surface area (Å²) in [6.45, 7) is 2.35. The van der Waals surface area contributed by atoms with Crippen LogP contribution in [0.25, 0.3) is 0 Å². The lowest BCUT2D eigenvalue weighted by Gasteiger charge is -2.35. The number of rotatable bonds is 4. The molecule has 0 radical (unpaired) electrons. The molecule has 142 valence electrons. The van der Waals surface area contributed by atoms with E-state index < -0.39 is 5.91 Å². The zero-order valence-corrected chi connectivity index (χ0v) is 16.6. The normalized spacial score (nSPS) is 14.2. The molecule has 2 aromatic rings. The standard InChI is InChI=1S/C18H17Cl3N4O2/c19-12-1-3-14(15(21)9-12)18(27)23-11-17(26)25-7-5-24(6-8-25)16-4-2-13(20)10-22-16/h1-4,9-10H,5-8,11H2,(H,23,27). The number of carbonyl (C=O) groups excluding carboxylic acids is 2. The molecule has 3 rings (SSSR count). The van der Waals surface area contributed by atoms with Crippen LogP contribution in [0.1, 0.15) is 10.4 Å². The van der Waals surface area contributed by atoms with Crippen molar-refractivity contribution in [1.29, 1.82) is 0 Å². The summed E-state index contributed by atoms with van der Waals surface area (Å²) in [5, 5.41) is 3.89. The van der Waals surface area contributed by atoms with Crippen molar-refractivity contribution in [3.63, 3.8) is 0 Å². The fourth-order valence-corrected chi connectivity index (χ4v) is 3.38. The number of piperazine rings is 1. The van der Waals surface area contributed by atoms with Crippen LogP contribution in [0.15, 0.2) is 36.5 Å². The van der Waals surface area contributed by atoms with Crippen LogP contribution in [0.4, 0.5) is 5.82 Å². The molecule has 0 spiro atoms. The quantitative estimate of drug-likeness (QED) is 0.814. The molecular formula is C18H17Cl3N4O2. The van der Waals surface area contributed by atoms with Gasteiger partial charge in [0.2, 0.25) is 5.91 Å². The maximum absolute atomic E-state index is 12.4. The maximum atomic E-state index is 12.4. The minimum Gasteiger partial charge on any atom is -0.353 e. The summed E-state index contributed by atoms with van der Waals surface area (Å²) in [7, 11) is 0. The van der Waals surface area contributed by atoms with Gasteiger partial charge >= 0.3 is 0 Å². The monoisotopic (exact) mass is 426 g/mol. The van der Waals surface area contributed by atoms with Gasteiger partial charge in [0, 0.05) is 37.4 Å². The van der Waals surface area contributed by atoms with Gasteiger partial charge in [0.05, 0.1) is 22.2 Å². The van der Waals surface area contributed by atoms with Crippen molar-refractivity contribution in [2.75, 3.05) is 37.6 Å². The lowest BCUT2D eigenvalue weighted by molar-refractivity contribution is -0.130. The van der Waals surface area contributed by atoms with Gasteiger partial charge in [-0.1, -0.05) is 34.8 Å². The minimum absolute atomic E-state index is 0.0863. The second-order valence-electron chi connectivity index (χ2n) is 6.01. The van der Waals surface area contributed by atoms with Crippen molar-refractivity contribution in [3.8, 4) is 0 Å². The van der Waals surface area contributed by atoms with E-state index in [1.54, 1.807) is 23.2 Å². The average Bonchev–Trinajstić information content (AvgIpc) is 2.66. The number of carbonyl (C=O) groups is 2. The van der Waals surface area contributed by atoms with Crippen molar-refractivity contribution in [3.05, 3.63) is 57.2 Å². The van der Waals surface area contributed by atoms with Gasteiger partial charge in [-0.05, 0) is 30.3 Å². The van der Waals surface area contributed by atoms with Crippen molar-refractivity contribution in [1.82, 2.24) is 15.2 Å². The second kappa shape index (κ2) is 8.78. The molecule has 1 aromatic carbocycles. The van der Waals surface area contributed by atoms with Crippen LogP contribution in [0, 0.1) is 0 Å². The zero-order chi connectivity index (χ0) is 19.4. The van der Waals surface area contributed by atoms with Gasteiger partial charge in [-0.25, -0.2) is 4.98 Å². The van der Waals surface area contributed by atoms with E-state index in [-0.39, 0.29) is 23.0 Å². The highest BCUT2D eigenvalue weighted by Crippen LogP contribution is 2.21. The van der Waals surface area contributed by atoms with Crippen LogP contribution in [0.5, 0.6) is 0 Å². The number of anilines is 1. The Bertz CT molecular complexity index is 837. The van der Waals surface area contributed by atoms with Gasteiger partial charge in [-0.15, -0.1) is 0 Å². The van der Waals surface area contributed by atoms with E-state index in [0.29, 0.717) is 36.2 Å². The smallest absolute Gasteiger partial charge is 0.253 e. The van der Waals surface area contributed by atoms with E-state index in [1.165, 1.54) is 12.1 Å². The lowest BCUT2D eigenvalue weighted by atomic mass is 10.2. The first-order valence-corrected chi connectivity index (χ1v) is 9.45. The third kappa shape index (κ3) is 5.03. The van der Waals surface area contributed by atoms with Crippen molar-refractivity contribution in [2.24, 2.45) is 0 Å². The van der Waals surface area contributed by atoms with Gasteiger partial charge in [-0.2, -0.15) is 0 Å². The summed E-state index contributed by atoms with van der Waals surface area (Å²) in [6, 6.07) is 8.25. The fourth-order valence-electron chi connectivity index (χ4n) is 2.78. The molecule has 27 heavy (non-hydrogen) atoms. The van der Waals surface area contributed by atoms with E-state index in [4.69, 9.17) is 34.8 Å².